The second kappa shape index (κ2) is 4.58. The van der Waals surface area contributed by atoms with E-state index in [1.807, 2.05) is 58.0 Å². The van der Waals surface area contributed by atoms with Crippen LogP contribution in [0.4, 0.5) is 0 Å². The van der Waals surface area contributed by atoms with Gasteiger partial charge in [0.1, 0.15) is 0 Å². The fourth-order valence-corrected chi connectivity index (χ4v) is 1.46. The molecule has 1 aromatic carbocycles. The molecule has 0 aliphatic heterocycles. The number of aryl methyl sites for hydroxylation is 2. The predicted octanol–water partition coefficient (Wildman–Crippen LogP) is 2.44. The van der Waals surface area contributed by atoms with E-state index in [1.165, 1.54) is 0 Å². The van der Waals surface area contributed by atoms with E-state index in [1.54, 1.807) is 0 Å². The highest BCUT2D eigenvalue weighted by atomic mass is 16.1. The van der Waals surface area contributed by atoms with Crippen LogP contribution in [0.1, 0.15) is 28.4 Å². The molecule has 0 saturated carbocycles. The number of likely N-dealkylation sites (N-methyl/N-ethyl adjacent to an activating group) is 1. The van der Waals surface area contributed by atoms with Crippen molar-refractivity contribution in [2.75, 3.05) is 14.1 Å². The third kappa shape index (κ3) is 2.66. The van der Waals surface area contributed by atoms with E-state index in [2.05, 4.69) is 0 Å². The molecule has 2 nitrogen and oxygen atoms in total. The molecule has 1 unspecified atom stereocenters. The van der Waals surface area contributed by atoms with Crippen LogP contribution in [0.25, 0.3) is 0 Å². The number of carbonyl (C=O) groups excluding carboxylic acids is 1. The maximum absolute atomic E-state index is 12.1. The van der Waals surface area contributed by atoms with Gasteiger partial charge >= 0.3 is 0 Å². The van der Waals surface area contributed by atoms with Gasteiger partial charge in [-0.1, -0.05) is 17.7 Å². The van der Waals surface area contributed by atoms with Crippen LogP contribution < -0.4 is 0 Å². The van der Waals surface area contributed by atoms with Gasteiger partial charge in [0, 0.05) is 5.56 Å². The molecule has 0 bridgehead atoms. The van der Waals surface area contributed by atoms with Crippen molar-refractivity contribution in [2.24, 2.45) is 0 Å². The lowest BCUT2D eigenvalue weighted by molar-refractivity contribution is 0.0890. The molecular weight excluding hydrogens is 186 g/mol. The highest BCUT2D eigenvalue weighted by Crippen LogP contribution is 2.14. The van der Waals surface area contributed by atoms with Crippen LogP contribution in [0.2, 0.25) is 0 Å². The number of rotatable bonds is 3. The minimum Gasteiger partial charge on any atom is -0.300 e. The average molecular weight is 205 g/mol. The number of nitrogens with zero attached hydrogens (tertiary/aromatic N) is 1. The summed E-state index contributed by atoms with van der Waals surface area (Å²) in [5.41, 5.74) is 3.03. The Hall–Kier alpha value is -1.15. The molecule has 0 radical (unpaired) electrons. The van der Waals surface area contributed by atoms with Crippen molar-refractivity contribution in [3.8, 4) is 0 Å². The number of ketones is 1. The summed E-state index contributed by atoms with van der Waals surface area (Å²) >= 11 is 0. The summed E-state index contributed by atoms with van der Waals surface area (Å²) < 4.78 is 0. The van der Waals surface area contributed by atoms with E-state index < -0.39 is 0 Å². The standard InChI is InChI=1S/C13H19NO/c1-9-6-7-10(2)12(8-9)13(15)11(3)14(4)5/h6-8,11H,1-5H3. The van der Waals surface area contributed by atoms with Gasteiger partial charge in [0.15, 0.2) is 5.78 Å². The molecule has 0 amide bonds. The average Bonchev–Trinajstić information content (AvgIpc) is 2.19. The molecule has 1 aromatic rings. The molecule has 0 aliphatic rings. The topological polar surface area (TPSA) is 20.3 Å². The molecule has 0 saturated heterocycles. The molecule has 0 N–H and O–H groups in total. The van der Waals surface area contributed by atoms with Gasteiger partial charge in [-0.15, -0.1) is 0 Å². The Balaban J connectivity index is 3.05. The largest absolute Gasteiger partial charge is 0.300 e. The molecule has 1 atom stereocenters. The lowest BCUT2D eigenvalue weighted by Crippen LogP contribution is -2.33. The number of benzene rings is 1. The molecule has 0 spiro atoms. The van der Waals surface area contributed by atoms with Crippen molar-refractivity contribution in [2.45, 2.75) is 26.8 Å². The summed E-state index contributed by atoms with van der Waals surface area (Å²) in [5, 5.41) is 0. The zero-order chi connectivity index (χ0) is 11.6. The van der Waals surface area contributed by atoms with Crippen molar-refractivity contribution >= 4 is 5.78 Å². The molecule has 0 aromatic heterocycles. The first-order chi connectivity index (χ1) is 6.93. The van der Waals surface area contributed by atoms with Crippen LogP contribution in [0.3, 0.4) is 0 Å². The molecule has 0 fully saturated rings. The maximum atomic E-state index is 12.1. The first-order valence-corrected chi connectivity index (χ1v) is 5.21. The maximum Gasteiger partial charge on any atom is 0.179 e. The first-order valence-electron chi connectivity index (χ1n) is 5.21. The Bertz CT molecular complexity index is 369. The Kier molecular flexibility index (Phi) is 3.64. The monoisotopic (exact) mass is 205 g/mol. The van der Waals surface area contributed by atoms with Gasteiger partial charge < -0.3 is 0 Å². The van der Waals surface area contributed by atoms with Crippen LogP contribution in [0.15, 0.2) is 18.2 Å². The summed E-state index contributed by atoms with van der Waals surface area (Å²) in [7, 11) is 3.85. The normalized spacial score (nSPS) is 12.9. The van der Waals surface area contributed by atoms with E-state index in [9.17, 15) is 4.79 Å². The van der Waals surface area contributed by atoms with Crippen molar-refractivity contribution in [1.29, 1.82) is 0 Å². The Morgan fingerprint density at radius 3 is 2.40 bits per heavy atom. The van der Waals surface area contributed by atoms with Gasteiger partial charge in [0.05, 0.1) is 6.04 Å². The summed E-state index contributed by atoms with van der Waals surface area (Å²) in [6.07, 6.45) is 0. The van der Waals surface area contributed by atoms with E-state index in [0.29, 0.717) is 0 Å². The van der Waals surface area contributed by atoms with E-state index in [0.717, 1.165) is 16.7 Å². The summed E-state index contributed by atoms with van der Waals surface area (Å²) in [5.74, 6) is 0.196. The molecule has 0 heterocycles. The smallest absolute Gasteiger partial charge is 0.179 e. The number of hydrogen-bond acceptors (Lipinski definition) is 2. The molecule has 1 rings (SSSR count). The summed E-state index contributed by atoms with van der Waals surface area (Å²) in [6, 6.07) is 5.94. The zero-order valence-electron chi connectivity index (χ0n) is 10.2. The predicted molar refractivity (Wildman–Crippen MR) is 63.4 cm³/mol. The highest BCUT2D eigenvalue weighted by molar-refractivity contribution is 6.01. The second-order valence-electron chi connectivity index (χ2n) is 4.32. The Morgan fingerprint density at radius 1 is 1.27 bits per heavy atom. The SMILES string of the molecule is Cc1ccc(C)c(C(=O)C(C)N(C)C)c1. The van der Waals surface area contributed by atoms with Crippen LogP contribution in [0.5, 0.6) is 0 Å². The fourth-order valence-electron chi connectivity index (χ4n) is 1.46. The van der Waals surface area contributed by atoms with Crippen LogP contribution in [-0.2, 0) is 0 Å². The second-order valence-corrected chi connectivity index (χ2v) is 4.32. The minimum absolute atomic E-state index is 0.0644. The van der Waals surface area contributed by atoms with Gasteiger partial charge in [-0.05, 0) is 46.5 Å². The number of hydrogen-bond donors (Lipinski definition) is 0. The Morgan fingerprint density at radius 2 is 1.87 bits per heavy atom. The third-order valence-electron chi connectivity index (χ3n) is 2.81. The summed E-state index contributed by atoms with van der Waals surface area (Å²) in [4.78, 5) is 14.1. The van der Waals surface area contributed by atoms with Crippen molar-refractivity contribution in [1.82, 2.24) is 4.90 Å². The van der Waals surface area contributed by atoms with Crippen molar-refractivity contribution < 1.29 is 4.79 Å². The zero-order valence-corrected chi connectivity index (χ0v) is 10.2. The molecule has 15 heavy (non-hydrogen) atoms. The number of carbonyl (C=O) groups is 1. The Labute approximate surface area is 91.9 Å². The van der Waals surface area contributed by atoms with E-state index in [4.69, 9.17) is 0 Å². The van der Waals surface area contributed by atoms with Crippen molar-refractivity contribution in [3.63, 3.8) is 0 Å². The van der Waals surface area contributed by atoms with Crippen molar-refractivity contribution in [3.05, 3.63) is 34.9 Å². The lowest BCUT2D eigenvalue weighted by atomic mass is 9.98. The van der Waals surface area contributed by atoms with Crippen LogP contribution >= 0.6 is 0 Å². The van der Waals surface area contributed by atoms with Crippen LogP contribution in [0, 0.1) is 13.8 Å². The van der Waals surface area contributed by atoms with Gasteiger partial charge in [-0.2, -0.15) is 0 Å². The third-order valence-corrected chi connectivity index (χ3v) is 2.81. The van der Waals surface area contributed by atoms with E-state index in [-0.39, 0.29) is 11.8 Å². The van der Waals surface area contributed by atoms with Gasteiger partial charge in [-0.3, -0.25) is 9.69 Å². The van der Waals surface area contributed by atoms with Gasteiger partial charge in [0.25, 0.3) is 0 Å². The summed E-state index contributed by atoms with van der Waals surface area (Å²) in [6.45, 7) is 5.93. The molecule has 82 valence electrons. The first kappa shape index (κ1) is 11.9. The molecule has 2 heteroatoms. The lowest BCUT2D eigenvalue weighted by Gasteiger charge is -2.19. The molecule has 0 aliphatic carbocycles. The quantitative estimate of drug-likeness (QED) is 0.706. The highest BCUT2D eigenvalue weighted by Gasteiger charge is 2.18. The molecular formula is C13H19NO. The van der Waals surface area contributed by atoms with E-state index >= 15 is 0 Å². The van der Waals surface area contributed by atoms with Gasteiger partial charge in [0.2, 0.25) is 0 Å². The van der Waals surface area contributed by atoms with Gasteiger partial charge in [-0.25, -0.2) is 0 Å². The number of Topliss-reactive ketones (excluding diaryl/α,β-unsaturated/α-hetero) is 1. The fraction of sp³-hybridized carbons (Fsp3) is 0.462. The minimum atomic E-state index is -0.0644. The van der Waals surface area contributed by atoms with Crippen LogP contribution in [-0.4, -0.2) is 30.8 Å².